The number of nitrogens with two attached hydrogens (primary N) is 1. The molecule has 1 saturated carbocycles. The maximum Gasteiger partial charge on any atom is 0.225 e. The molecule has 1 aromatic heterocycles. The summed E-state index contributed by atoms with van der Waals surface area (Å²) in [7, 11) is 3.53. The van der Waals surface area contributed by atoms with Crippen LogP contribution in [0.5, 0.6) is 0 Å². The van der Waals surface area contributed by atoms with E-state index in [9.17, 15) is 4.79 Å². The second kappa shape index (κ2) is 10.2. The maximum absolute atomic E-state index is 12.6. The van der Waals surface area contributed by atoms with Gasteiger partial charge in [-0.1, -0.05) is 0 Å². The van der Waals surface area contributed by atoms with Gasteiger partial charge >= 0.3 is 0 Å². The van der Waals surface area contributed by atoms with Crippen molar-refractivity contribution in [3.8, 4) is 0 Å². The van der Waals surface area contributed by atoms with E-state index >= 15 is 0 Å². The van der Waals surface area contributed by atoms with Gasteiger partial charge in [0.15, 0.2) is 0 Å². The number of hydrogen-bond donors (Lipinski definition) is 1. The first-order valence-corrected chi connectivity index (χ1v) is 7.88. The van der Waals surface area contributed by atoms with Crippen molar-refractivity contribution in [2.75, 3.05) is 14.2 Å². The molecule has 0 radical (unpaired) electrons. The van der Waals surface area contributed by atoms with Crippen molar-refractivity contribution >= 4 is 30.7 Å². The molecule has 0 bridgehead atoms. The summed E-state index contributed by atoms with van der Waals surface area (Å²) in [6, 6.07) is 4.01. The lowest BCUT2D eigenvalue weighted by molar-refractivity contribution is -0.137. The topological polar surface area (TPSA) is 68.5 Å². The maximum atomic E-state index is 12.6. The van der Waals surface area contributed by atoms with Crippen LogP contribution >= 0.6 is 24.8 Å². The molecule has 7 heteroatoms. The van der Waals surface area contributed by atoms with Gasteiger partial charge in [0.2, 0.25) is 5.91 Å². The van der Waals surface area contributed by atoms with Crippen molar-refractivity contribution in [1.29, 1.82) is 0 Å². The normalized spacial score (nSPS) is 23.0. The van der Waals surface area contributed by atoms with E-state index in [1.807, 2.05) is 33.0 Å². The second-order valence-corrected chi connectivity index (χ2v) is 6.42. The van der Waals surface area contributed by atoms with Gasteiger partial charge in [-0.2, -0.15) is 0 Å². The number of halogens is 2. The van der Waals surface area contributed by atoms with Gasteiger partial charge in [0.1, 0.15) is 0 Å². The number of aromatic nitrogens is 1. The van der Waals surface area contributed by atoms with Crippen LogP contribution in [0.15, 0.2) is 12.1 Å². The zero-order chi connectivity index (χ0) is 16.3. The summed E-state index contributed by atoms with van der Waals surface area (Å²) in [6.07, 6.45) is 2.47. The molecule has 0 saturated heterocycles. The van der Waals surface area contributed by atoms with E-state index in [2.05, 4.69) is 4.98 Å². The quantitative estimate of drug-likeness (QED) is 0.875. The number of amides is 1. The van der Waals surface area contributed by atoms with Gasteiger partial charge in [-0.3, -0.25) is 9.78 Å². The smallest absolute Gasteiger partial charge is 0.225 e. The highest BCUT2D eigenvalue weighted by Crippen LogP contribution is 2.27. The fourth-order valence-electron chi connectivity index (χ4n) is 3.33. The van der Waals surface area contributed by atoms with E-state index in [0.29, 0.717) is 13.0 Å². The fourth-order valence-corrected chi connectivity index (χ4v) is 3.33. The highest BCUT2D eigenvalue weighted by molar-refractivity contribution is 5.85. The van der Waals surface area contributed by atoms with E-state index in [-0.39, 0.29) is 48.8 Å². The number of pyridine rings is 1. The molecule has 1 aromatic rings. The molecule has 5 nitrogen and oxygen atoms in total. The molecule has 2 rings (SSSR count). The van der Waals surface area contributed by atoms with Gasteiger partial charge in [-0.15, -0.1) is 24.8 Å². The lowest BCUT2D eigenvalue weighted by Crippen LogP contribution is -2.45. The Morgan fingerprint density at radius 1 is 1.33 bits per heavy atom. The van der Waals surface area contributed by atoms with Crippen LogP contribution in [0.4, 0.5) is 0 Å². The molecule has 1 amide bonds. The molecule has 1 heterocycles. The average Bonchev–Trinajstić information content (AvgIpc) is 2.45. The van der Waals surface area contributed by atoms with E-state index in [1.165, 1.54) is 5.56 Å². The van der Waals surface area contributed by atoms with Gasteiger partial charge < -0.3 is 15.4 Å². The fraction of sp³-hybridized carbons (Fsp3) is 0.647. The summed E-state index contributed by atoms with van der Waals surface area (Å²) in [5, 5.41) is 0. The molecule has 0 unspecified atom stereocenters. The Morgan fingerprint density at radius 2 is 2.00 bits per heavy atom. The minimum absolute atomic E-state index is 0. The Kier molecular flexibility index (Phi) is 9.81. The predicted octanol–water partition coefficient (Wildman–Crippen LogP) is 2.64. The van der Waals surface area contributed by atoms with Crippen molar-refractivity contribution in [3.05, 3.63) is 29.1 Å². The van der Waals surface area contributed by atoms with Crippen molar-refractivity contribution in [3.63, 3.8) is 0 Å². The summed E-state index contributed by atoms with van der Waals surface area (Å²) in [5.74, 6) is 0.156. The first-order chi connectivity index (χ1) is 10.4. The summed E-state index contributed by atoms with van der Waals surface area (Å²) in [4.78, 5) is 18.9. The summed E-state index contributed by atoms with van der Waals surface area (Å²) in [5.41, 5.74) is 9.19. The van der Waals surface area contributed by atoms with Crippen LogP contribution in [-0.2, 0) is 16.1 Å². The third kappa shape index (κ3) is 5.88. The summed E-state index contributed by atoms with van der Waals surface area (Å²) >= 11 is 0. The monoisotopic (exact) mass is 377 g/mol. The van der Waals surface area contributed by atoms with E-state index < -0.39 is 0 Å². The van der Waals surface area contributed by atoms with Crippen molar-refractivity contribution in [2.45, 2.75) is 51.8 Å². The van der Waals surface area contributed by atoms with Crippen LogP contribution in [0.3, 0.4) is 0 Å². The Bertz CT molecular complexity index is 522. The van der Waals surface area contributed by atoms with E-state index in [4.69, 9.17) is 10.5 Å². The van der Waals surface area contributed by atoms with Crippen LogP contribution in [0.1, 0.15) is 36.2 Å². The highest BCUT2D eigenvalue weighted by atomic mass is 35.5. The Labute approximate surface area is 157 Å². The third-order valence-electron chi connectivity index (χ3n) is 4.41. The Hall–Kier alpha value is -0.880. The van der Waals surface area contributed by atoms with E-state index in [0.717, 1.165) is 24.2 Å². The molecule has 1 aliphatic rings. The average molecular weight is 378 g/mol. The van der Waals surface area contributed by atoms with Gasteiger partial charge in [0.05, 0.1) is 18.3 Å². The summed E-state index contributed by atoms with van der Waals surface area (Å²) in [6.45, 7) is 4.56. The van der Waals surface area contributed by atoms with Crippen LogP contribution in [0, 0.1) is 19.8 Å². The minimum Gasteiger partial charge on any atom is -0.380 e. The molecule has 138 valence electrons. The lowest BCUT2D eigenvalue weighted by atomic mass is 9.83. The second-order valence-electron chi connectivity index (χ2n) is 6.42. The minimum atomic E-state index is -0.0551. The van der Waals surface area contributed by atoms with Crippen LogP contribution in [-0.4, -0.2) is 42.1 Å². The van der Waals surface area contributed by atoms with Gasteiger partial charge in [0, 0.05) is 31.8 Å². The van der Waals surface area contributed by atoms with Gasteiger partial charge in [0.25, 0.3) is 0 Å². The molecule has 1 aliphatic carbocycles. The first-order valence-electron chi connectivity index (χ1n) is 7.88. The van der Waals surface area contributed by atoms with Crippen molar-refractivity contribution in [2.24, 2.45) is 11.7 Å². The molecule has 1 fully saturated rings. The van der Waals surface area contributed by atoms with Crippen molar-refractivity contribution < 1.29 is 9.53 Å². The largest absolute Gasteiger partial charge is 0.380 e. The number of methoxy groups -OCH3 is 1. The number of ether oxygens (including phenoxy) is 1. The van der Waals surface area contributed by atoms with E-state index in [1.54, 1.807) is 12.0 Å². The number of aryl methyl sites for hydroxylation is 2. The first kappa shape index (κ1) is 23.1. The SMILES string of the molecule is CO[C@@H]1CC[C@H](C(=O)N(C)Cc2cc(C)cc(C)n2)C[C@H]1N.Cl.Cl. The van der Waals surface area contributed by atoms with Crippen LogP contribution in [0.2, 0.25) is 0 Å². The molecular weight excluding hydrogens is 349 g/mol. The number of hydrogen-bond acceptors (Lipinski definition) is 4. The molecule has 24 heavy (non-hydrogen) atoms. The Morgan fingerprint density at radius 3 is 2.54 bits per heavy atom. The molecule has 0 spiro atoms. The lowest BCUT2D eigenvalue weighted by Gasteiger charge is -2.34. The van der Waals surface area contributed by atoms with Crippen LogP contribution < -0.4 is 5.73 Å². The van der Waals surface area contributed by atoms with Gasteiger partial charge in [-0.25, -0.2) is 0 Å². The summed E-state index contributed by atoms with van der Waals surface area (Å²) < 4.78 is 5.35. The number of carbonyl (C=O) groups is 1. The number of carbonyl (C=O) groups excluding carboxylic acids is 1. The zero-order valence-electron chi connectivity index (χ0n) is 14.8. The zero-order valence-corrected chi connectivity index (χ0v) is 16.5. The molecule has 3 atom stereocenters. The standard InChI is InChI=1S/C17H27N3O2.2ClH/c1-11-7-12(2)19-14(8-11)10-20(3)17(21)13-5-6-16(22-4)15(18)9-13;;/h7-8,13,15-16H,5-6,9-10,18H2,1-4H3;2*1H/t13-,15+,16+;;/m0../s1. The Balaban J connectivity index is 0.00000264. The van der Waals surface area contributed by atoms with Crippen molar-refractivity contribution in [1.82, 2.24) is 9.88 Å². The number of rotatable bonds is 4. The molecule has 2 N–H and O–H groups in total. The highest BCUT2D eigenvalue weighted by Gasteiger charge is 2.33. The predicted molar refractivity (Wildman–Crippen MR) is 101 cm³/mol. The van der Waals surface area contributed by atoms with Gasteiger partial charge in [-0.05, 0) is 50.8 Å². The molecular formula is C17H29Cl2N3O2. The molecule has 0 aliphatic heterocycles. The molecule has 0 aromatic carbocycles. The third-order valence-corrected chi connectivity index (χ3v) is 4.41. The number of nitrogens with zero attached hydrogens (tertiary/aromatic N) is 2. The van der Waals surface area contributed by atoms with Crippen LogP contribution in [0.25, 0.3) is 0 Å².